The van der Waals surface area contributed by atoms with Gasteiger partial charge in [-0.3, -0.25) is 9.59 Å². The lowest BCUT2D eigenvalue weighted by Crippen LogP contribution is -2.36. The minimum Gasteiger partial charge on any atom is -0.366 e. The Labute approximate surface area is 177 Å². The molecular weight excluding hydrogens is 407 g/mol. The van der Waals surface area contributed by atoms with Gasteiger partial charge in [-0.2, -0.15) is 13.2 Å². The number of carbonyl (C=O) groups excluding carboxylic acids is 2. The number of benzene rings is 2. The van der Waals surface area contributed by atoms with Crippen molar-refractivity contribution in [3.8, 4) is 0 Å². The van der Waals surface area contributed by atoms with Crippen LogP contribution in [0.4, 0.5) is 19.0 Å². The molecule has 0 saturated carbocycles. The molecule has 2 heterocycles. The fourth-order valence-corrected chi connectivity index (χ4v) is 4.25. The molecule has 1 aliphatic heterocycles. The van der Waals surface area contributed by atoms with Gasteiger partial charge in [-0.05, 0) is 48.9 Å². The number of carbonyl (C=O) groups is 2. The number of H-pyrrole nitrogens is 1. The van der Waals surface area contributed by atoms with Crippen molar-refractivity contribution in [3.63, 3.8) is 0 Å². The van der Waals surface area contributed by atoms with E-state index in [4.69, 9.17) is 5.73 Å². The second-order valence-electron chi connectivity index (χ2n) is 7.92. The third-order valence-electron chi connectivity index (χ3n) is 5.85. The first-order valence-corrected chi connectivity index (χ1v) is 10.1. The first-order chi connectivity index (χ1) is 14.7. The molecule has 0 bridgehead atoms. The van der Waals surface area contributed by atoms with E-state index in [0.717, 1.165) is 19.3 Å². The number of fused-ring (bicyclic) bond motifs is 1. The van der Waals surface area contributed by atoms with Crippen LogP contribution in [0.15, 0.2) is 48.5 Å². The van der Waals surface area contributed by atoms with Crippen LogP contribution in [-0.2, 0) is 6.42 Å². The maximum Gasteiger partial charge on any atom is 0.455 e. The van der Waals surface area contributed by atoms with Crippen molar-refractivity contribution in [1.82, 2.24) is 4.98 Å². The number of alkyl halides is 3. The molecule has 3 N–H and O–H groups in total. The maximum absolute atomic E-state index is 13.4. The lowest BCUT2D eigenvalue weighted by Gasteiger charge is -2.33. The fraction of sp³-hybridized carbons (Fsp3) is 0.304. The predicted molar refractivity (Wildman–Crippen MR) is 112 cm³/mol. The molecule has 0 spiro atoms. The lowest BCUT2D eigenvalue weighted by atomic mass is 9.90. The molecule has 162 valence electrons. The largest absolute Gasteiger partial charge is 0.455 e. The van der Waals surface area contributed by atoms with Crippen molar-refractivity contribution in [3.05, 3.63) is 65.2 Å². The van der Waals surface area contributed by atoms with Crippen molar-refractivity contribution in [2.24, 2.45) is 11.7 Å². The fourth-order valence-electron chi connectivity index (χ4n) is 4.25. The average Bonchev–Trinajstić information content (AvgIpc) is 3.12. The molecule has 5 nitrogen and oxygen atoms in total. The van der Waals surface area contributed by atoms with Crippen LogP contribution in [0.25, 0.3) is 10.9 Å². The van der Waals surface area contributed by atoms with Gasteiger partial charge in [-0.25, -0.2) is 0 Å². The zero-order valence-electron chi connectivity index (χ0n) is 16.7. The molecular formula is C23H22F3N3O2. The second-order valence-corrected chi connectivity index (χ2v) is 7.92. The third kappa shape index (κ3) is 4.28. The van der Waals surface area contributed by atoms with E-state index in [0.29, 0.717) is 24.5 Å². The summed E-state index contributed by atoms with van der Waals surface area (Å²) in [6.07, 6.45) is -2.51. The number of Topliss-reactive ketones (excluding diaryl/α,β-unsaturated/α-hetero) is 1. The molecule has 1 aromatic heterocycles. The lowest BCUT2D eigenvalue weighted by molar-refractivity contribution is -0.0883. The summed E-state index contributed by atoms with van der Waals surface area (Å²) in [4.78, 5) is 28.6. The van der Waals surface area contributed by atoms with Crippen LogP contribution >= 0.6 is 0 Å². The Bertz CT molecular complexity index is 1110. The summed E-state index contributed by atoms with van der Waals surface area (Å²) in [7, 11) is 0. The highest BCUT2D eigenvalue weighted by Crippen LogP contribution is 2.36. The van der Waals surface area contributed by atoms with Gasteiger partial charge >= 0.3 is 6.18 Å². The molecule has 1 saturated heterocycles. The topological polar surface area (TPSA) is 79.2 Å². The number of piperidine rings is 1. The minimum absolute atomic E-state index is 0.0517. The number of nitrogens with zero attached hydrogens (tertiary/aromatic N) is 1. The normalized spacial score (nSPS) is 15.4. The number of primary amides is 1. The summed E-state index contributed by atoms with van der Waals surface area (Å²) in [6, 6.07) is 14.2. The number of halogens is 3. The Morgan fingerprint density at radius 3 is 2.35 bits per heavy atom. The van der Waals surface area contributed by atoms with Crippen molar-refractivity contribution in [2.75, 3.05) is 18.0 Å². The van der Waals surface area contributed by atoms with E-state index in [1.165, 1.54) is 23.8 Å². The molecule has 0 unspecified atom stereocenters. The molecule has 0 atom stereocenters. The van der Waals surface area contributed by atoms with Crippen LogP contribution in [0.1, 0.15) is 39.1 Å². The van der Waals surface area contributed by atoms with E-state index in [2.05, 4.69) is 17.1 Å². The highest BCUT2D eigenvalue weighted by Gasteiger charge is 2.43. The molecule has 4 rings (SSSR count). The van der Waals surface area contributed by atoms with Crippen LogP contribution in [-0.4, -0.2) is 35.9 Å². The molecule has 3 aromatic rings. The van der Waals surface area contributed by atoms with Gasteiger partial charge in [0, 0.05) is 29.6 Å². The monoisotopic (exact) mass is 429 g/mol. The van der Waals surface area contributed by atoms with Crippen LogP contribution in [0.2, 0.25) is 0 Å². The zero-order chi connectivity index (χ0) is 22.2. The van der Waals surface area contributed by atoms with Crippen molar-refractivity contribution < 1.29 is 22.8 Å². The number of rotatable bonds is 5. The molecule has 1 fully saturated rings. The zero-order valence-corrected chi connectivity index (χ0v) is 16.7. The minimum atomic E-state index is -5.03. The molecule has 31 heavy (non-hydrogen) atoms. The second kappa shape index (κ2) is 8.09. The quantitative estimate of drug-likeness (QED) is 0.588. The smallest absolute Gasteiger partial charge is 0.366 e. The molecule has 0 radical (unpaired) electrons. The Morgan fingerprint density at radius 1 is 1.06 bits per heavy atom. The van der Waals surface area contributed by atoms with Gasteiger partial charge < -0.3 is 15.6 Å². The number of amides is 1. The molecule has 1 aliphatic rings. The highest BCUT2D eigenvalue weighted by molar-refractivity contribution is 6.16. The highest BCUT2D eigenvalue weighted by atomic mass is 19.4. The SMILES string of the molecule is NC(=O)c1ccc2[nH]c(N3CCC(Cc4ccccc4)CC3)c(C(=O)C(F)(F)F)c2c1. The standard InChI is InChI=1S/C23H22F3N3O2/c24-23(25,26)20(30)19-17-13-16(21(27)31)6-7-18(17)28-22(19)29-10-8-15(9-11-29)12-14-4-2-1-3-5-14/h1-7,13,15,28H,8-12H2,(H2,27,31). The van der Waals surface area contributed by atoms with Gasteiger partial charge in [0.1, 0.15) is 5.82 Å². The average molecular weight is 429 g/mol. The number of aromatic amines is 1. The Balaban J connectivity index is 1.64. The van der Waals surface area contributed by atoms with Gasteiger partial charge in [0.05, 0.1) is 5.56 Å². The molecule has 0 aliphatic carbocycles. The van der Waals surface area contributed by atoms with Gasteiger partial charge in [0.2, 0.25) is 5.91 Å². The van der Waals surface area contributed by atoms with Crippen LogP contribution in [0.3, 0.4) is 0 Å². The van der Waals surface area contributed by atoms with E-state index in [1.807, 2.05) is 18.2 Å². The van der Waals surface area contributed by atoms with Crippen LogP contribution in [0, 0.1) is 5.92 Å². The maximum atomic E-state index is 13.4. The summed E-state index contributed by atoms with van der Waals surface area (Å²) in [5.74, 6) is -2.12. The molecule has 8 heteroatoms. The van der Waals surface area contributed by atoms with E-state index in [1.54, 1.807) is 4.90 Å². The molecule has 2 aromatic carbocycles. The number of hydrogen-bond acceptors (Lipinski definition) is 3. The van der Waals surface area contributed by atoms with Crippen molar-refractivity contribution in [1.29, 1.82) is 0 Å². The van der Waals surface area contributed by atoms with Crippen LogP contribution < -0.4 is 10.6 Å². The first kappa shape index (κ1) is 21.0. The summed E-state index contributed by atoms with van der Waals surface area (Å²) >= 11 is 0. The Hall–Kier alpha value is -3.29. The number of anilines is 1. The predicted octanol–water partition coefficient (Wildman–Crippen LogP) is 4.47. The Morgan fingerprint density at radius 2 is 1.74 bits per heavy atom. The van der Waals surface area contributed by atoms with E-state index in [-0.39, 0.29) is 16.8 Å². The number of aromatic nitrogens is 1. The van der Waals surface area contributed by atoms with Crippen LogP contribution in [0.5, 0.6) is 0 Å². The van der Waals surface area contributed by atoms with E-state index >= 15 is 0 Å². The number of nitrogens with one attached hydrogen (secondary N) is 1. The first-order valence-electron chi connectivity index (χ1n) is 10.1. The van der Waals surface area contributed by atoms with Gasteiger partial charge in [-0.15, -0.1) is 0 Å². The summed E-state index contributed by atoms with van der Waals surface area (Å²) < 4.78 is 40.1. The van der Waals surface area contributed by atoms with Crippen molar-refractivity contribution in [2.45, 2.75) is 25.4 Å². The van der Waals surface area contributed by atoms with Gasteiger partial charge in [0.15, 0.2) is 0 Å². The van der Waals surface area contributed by atoms with Gasteiger partial charge in [0.25, 0.3) is 5.78 Å². The number of hydrogen-bond donors (Lipinski definition) is 2. The number of ketones is 1. The third-order valence-corrected chi connectivity index (χ3v) is 5.85. The summed E-state index contributed by atoms with van der Waals surface area (Å²) in [6.45, 7) is 1.07. The summed E-state index contributed by atoms with van der Waals surface area (Å²) in [5, 5.41) is 0.0556. The van der Waals surface area contributed by atoms with E-state index in [9.17, 15) is 22.8 Å². The molecule has 1 amide bonds. The van der Waals surface area contributed by atoms with Crippen molar-refractivity contribution >= 4 is 28.4 Å². The Kier molecular flexibility index (Phi) is 5.47. The van der Waals surface area contributed by atoms with E-state index < -0.39 is 23.4 Å². The number of nitrogens with two attached hydrogens (primary N) is 1. The van der Waals surface area contributed by atoms with Gasteiger partial charge in [-0.1, -0.05) is 30.3 Å². The summed E-state index contributed by atoms with van der Waals surface area (Å²) in [5.41, 5.74) is 6.47.